The van der Waals surface area contributed by atoms with Gasteiger partial charge < -0.3 is 10.2 Å². The molecule has 3 nitrogen and oxygen atoms in total. The fourth-order valence-corrected chi connectivity index (χ4v) is 4.70. The molecule has 1 aliphatic heterocycles. The van der Waals surface area contributed by atoms with E-state index in [0.717, 1.165) is 18.5 Å². The van der Waals surface area contributed by atoms with E-state index in [0.29, 0.717) is 6.04 Å². The number of nitrogens with one attached hydrogen (secondary N) is 1. The summed E-state index contributed by atoms with van der Waals surface area (Å²) in [6.45, 7) is 8.96. The van der Waals surface area contributed by atoms with Crippen molar-refractivity contribution in [2.75, 3.05) is 18.0 Å². The molecule has 2 fully saturated rings. The Bertz CT molecular complexity index is 443. The minimum absolute atomic E-state index is 0.436. The van der Waals surface area contributed by atoms with Crippen LogP contribution in [0.15, 0.2) is 0 Å². The van der Waals surface area contributed by atoms with E-state index in [4.69, 9.17) is 4.98 Å². The number of hydrogen-bond donors (Lipinski definition) is 1. The molecule has 3 atom stereocenters. The van der Waals surface area contributed by atoms with Crippen LogP contribution >= 0.6 is 11.3 Å². The first-order valence-corrected chi connectivity index (χ1v) is 8.48. The number of nitrogens with zero attached hydrogens (tertiary/aromatic N) is 2. The zero-order chi connectivity index (χ0) is 13.4. The van der Waals surface area contributed by atoms with Crippen LogP contribution in [0.3, 0.4) is 0 Å². The van der Waals surface area contributed by atoms with Crippen LogP contribution in [0.5, 0.6) is 0 Å². The van der Waals surface area contributed by atoms with Gasteiger partial charge in [0.1, 0.15) is 0 Å². The maximum Gasteiger partial charge on any atom is 0.186 e. The molecule has 1 aromatic heterocycles. The fraction of sp³-hybridized carbons (Fsp3) is 0.800. The first-order chi connectivity index (χ1) is 9.19. The Hall–Kier alpha value is -0.610. The summed E-state index contributed by atoms with van der Waals surface area (Å²) in [4.78, 5) is 8.84. The summed E-state index contributed by atoms with van der Waals surface area (Å²) in [7, 11) is 0. The topological polar surface area (TPSA) is 28.2 Å². The van der Waals surface area contributed by atoms with Crippen LogP contribution in [0, 0.1) is 12.8 Å². The summed E-state index contributed by atoms with van der Waals surface area (Å²) in [5.41, 5.74) is 1.22. The third-order valence-corrected chi connectivity index (χ3v) is 5.95. The average Bonchev–Trinajstić information content (AvgIpc) is 3.09. The minimum atomic E-state index is 0.436. The van der Waals surface area contributed by atoms with Gasteiger partial charge in [0.2, 0.25) is 0 Å². The Kier molecular flexibility index (Phi) is 3.81. The normalized spacial score (nSPS) is 27.2. The molecule has 1 saturated carbocycles. The van der Waals surface area contributed by atoms with E-state index in [2.05, 4.69) is 31.0 Å². The third-order valence-electron chi connectivity index (χ3n) is 4.57. The van der Waals surface area contributed by atoms with Crippen LogP contribution in [0.25, 0.3) is 0 Å². The number of hydrogen-bond acceptors (Lipinski definition) is 4. The van der Waals surface area contributed by atoms with Crippen LogP contribution in [0.4, 0.5) is 5.13 Å². The molecule has 0 radical (unpaired) electrons. The number of anilines is 1. The first kappa shape index (κ1) is 13.4. The van der Waals surface area contributed by atoms with Gasteiger partial charge in [-0.3, -0.25) is 0 Å². The van der Waals surface area contributed by atoms with Crippen molar-refractivity contribution in [1.82, 2.24) is 10.3 Å². The molecule has 2 aliphatic rings. The summed E-state index contributed by atoms with van der Waals surface area (Å²) < 4.78 is 0. The highest BCUT2D eigenvalue weighted by Gasteiger charge is 2.39. The second kappa shape index (κ2) is 5.41. The number of fused-ring (bicyclic) bond motifs is 2. The molecule has 1 N–H and O–H groups in total. The van der Waals surface area contributed by atoms with E-state index in [1.54, 1.807) is 0 Å². The molecular weight excluding hydrogens is 254 g/mol. The zero-order valence-electron chi connectivity index (χ0n) is 12.3. The van der Waals surface area contributed by atoms with Crippen molar-refractivity contribution in [3.8, 4) is 0 Å². The summed E-state index contributed by atoms with van der Waals surface area (Å²) in [5.74, 6) is 0.938. The second-order valence-corrected chi connectivity index (χ2v) is 7.12. The van der Waals surface area contributed by atoms with Crippen molar-refractivity contribution in [3.05, 3.63) is 10.6 Å². The first-order valence-electron chi connectivity index (χ1n) is 7.66. The molecule has 0 amide bonds. The quantitative estimate of drug-likeness (QED) is 0.894. The van der Waals surface area contributed by atoms with Crippen molar-refractivity contribution in [2.24, 2.45) is 5.92 Å². The summed E-state index contributed by atoms with van der Waals surface area (Å²) in [5, 5.41) is 4.85. The molecule has 3 unspecified atom stereocenters. The van der Waals surface area contributed by atoms with Crippen LogP contribution < -0.4 is 10.2 Å². The van der Waals surface area contributed by atoms with E-state index < -0.39 is 0 Å². The van der Waals surface area contributed by atoms with Crippen molar-refractivity contribution in [3.63, 3.8) is 0 Å². The van der Waals surface area contributed by atoms with Gasteiger partial charge in [0.25, 0.3) is 0 Å². The molecule has 2 bridgehead atoms. The van der Waals surface area contributed by atoms with Crippen LogP contribution in [0.1, 0.15) is 56.1 Å². The van der Waals surface area contributed by atoms with E-state index in [1.165, 1.54) is 47.9 Å². The van der Waals surface area contributed by atoms with E-state index in [-0.39, 0.29) is 0 Å². The van der Waals surface area contributed by atoms with Crippen molar-refractivity contribution < 1.29 is 0 Å². The lowest BCUT2D eigenvalue weighted by atomic mass is 10.1. The summed E-state index contributed by atoms with van der Waals surface area (Å²) >= 11 is 1.91. The molecule has 19 heavy (non-hydrogen) atoms. The lowest BCUT2D eigenvalue weighted by molar-refractivity contribution is 0.553. The van der Waals surface area contributed by atoms with Gasteiger partial charge >= 0.3 is 0 Å². The molecule has 3 rings (SSSR count). The lowest BCUT2D eigenvalue weighted by Crippen LogP contribution is -2.31. The lowest BCUT2D eigenvalue weighted by Gasteiger charge is -2.26. The molecule has 1 aromatic rings. The third kappa shape index (κ3) is 2.52. The van der Waals surface area contributed by atoms with E-state index in [1.807, 2.05) is 11.3 Å². The predicted molar refractivity (Wildman–Crippen MR) is 82.0 cm³/mol. The monoisotopic (exact) mass is 279 g/mol. The fourth-order valence-electron chi connectivity index (χ4n) is 3.53. The SMILES string of the molecule is CCCNC(C)c1sc(N2CC3CCC2C3)nc1C. The maximum absolute atomic E-state index is 4.84. The van der Waals surface area contributed by atoms with Gasteiger partial charge in [-0.05, 0) is 52.0 Å². The average molecular weight is 279 g/mol. The van der Waals surface area contributed by atoms with Gasteiger partial charge in [0.05, 0.1) is 5.69 Å². The van der Waals surface area contributed by atoms with Gasteiger partial charge in [-0.15, -0.1) is 11.3 Å². The highest BCUT2D eigenvalue weighted by molar-refractivity contribution is 7.15. The van der Waals surface area contributed by atoms with Gasteiger partial charge in [-0.2, -0.15) is 0 Å². The molecule has 4 heteroatoms. The van der Waals surface area contributed by atoms with Gasteiger partial charge in [-0.25, -0.2) is 4.98 Å². The Morgan fingerprint density at radius 3 is 2.95 bits per heavy atom. The van der Waals surface area contributed by atoms with E-state index in [9.17, 15) is 0 Å². The number of piperidine rings is 1. The highest BCUT2D eigenvalue weighted by Crippen LogP contribution is 2.42. The molecule has 0 spiro atoms. The van der Waals surface area contributed by atoms with Crippen LogP contribution in [-0.4, -0.2) is 24.1 Å². The molecule has 1 aliphatic carbocycles. The van der Waals surface area contributed by atoms with E-state index >= 15 is 0 Å². The Morgan fingerprint density at radius 1 is 1.47 bits per heavy atom. The molecule has 1 saturated heterocycles. The number of rotatable bonds is 5. The Balaban J connectivity index is 1.74. The largest absolute Gasteiger partial charge is 0.345 e. The zero-order valence-corrected chi connectivity index (χ0v) is 13.1. The van der Waals surface area contributed by atoms with Crippen molar-refractivity contribution >= 4 is 16.5 Å². The smallest absolute Gasteiger partial charge is 0.186 e. The van der Waals surface area contributed by atoms with Crippen molar-refractivity contribution in [1.29, 1.82) is 0 Å². The number of aromatic nitrogens is 1. The van der Waals surface area contributed by atoms with Gasteiger partial charge in [0.15, 0.2) is 5.13 Å². The predicted octanol–water partition coefficient (Wildman–Crippen LogP) is 3.50. The van der Waals surface area contributed by atoms with Gasteiger partial charge in [-0.1, -0.05) is 6.92 Å². The molecule has 2 heterocycles. The molecular formula is C15H25N3S. The Morgan fingerprint density at radius 2 is 2.32 bits per heavy atom. The Labute approximate surface area is 120 Å². The summed E-state index contributed by atoms with van der Waals surface area (Å²) in [6.07, 6.45) is 5.40. The second-order valence-electron chi connectivity index (χ2n) is 6.11. The number of thiazole rings is 1. The van der Waals surface area contributed by atoms with Crippen molar-refractivity contribution in [2.45, 2.75) is 58.5 Å². The summed E-state index contributed by atoms with van der Waals surface area (Å²) in [6, 6.07) is 1.22. The molecule has 106 valence electrons. The standard InChI is InChI=1S/C15H25N3S/c1-4-7-16-10(2)14-11(3)17-15(19-14)18-9-12-5-6-13(18)8-12/h10,12-13,16H,4-9H2,1-3H3. The number of aryl methyl sites for hydroxylation is 1. The molecule has 0 aromatic carbocycles. The van der Waals surface area contributed by atoms with Crippen LogP contribution in [-0.2, 0) is 0 Å². The minimum Gasteiger partial charge on any atom is -0.345 e. The maximum atomic E-state index is 4.84. The highest BCUT2D eigenvalue weighted by atomic mass is 32.1. The van der Waals surface area contributed by atoms with Gasteiger partial charge in [0, 0.05) is 23.5 Å². The van der Waals surface area contributed by atoms with Crippen LogP contribution in [0.2, 0.25) is 0 Å².